The van der Waals surface area contributed by atoms with Crippen LogP contribution in [0.25, 0.3) is 0 Å². The first-order chi connectivity index (χ1) is 47.7. The van der Waals surface area contributed by atoms with Gasteiger partial charge in [-0.05, 0) is 116 Å². The molecular formula is C79H126O17P2. The fraction of sp³-hybridized carbons (Fsp3) is 0.595. The number of esters is 4. The van der Waals surface area contributed by atoms with Crippen molar-refractivity contribution in [2.24, 2.45) is 0 Å². The molecular weight excluding hydrogens is 1280 g/mol. The average molecular weight is 1410 g/mol. The van der Waals surface area contributed by atoms with Gasteiger partial charge in [-0.15, -0.1) is 0 Å². The Balaban J connectivity index is 5.53. The summed E-state index contributed by atoms with van der Waals surface area (Å²) in [5.74, 6) is -2.54. The Kier molecular flexibility index (Phi) is 65.9. The molecule has 0 saturated carbocycles. The lowest BCUT2D eigenvalue weighted by molar-refractivity contribution is -0.161. The van der Waals surface area contributed by atoms with Crippen molar-refractivity contribution >= 4 is 39.5 Å². The van der Waals surface area contributed by atoms with E-state index in [1.165, 1.54) is 51.4 Å². The molecule has 0 bridgehead atoms. The molecule has 0 radical (unpaired) electrons. The molecule has 0 aromatic heterocycles. The van der Waals surface area contributed by atoms with E-state index in [4.69, 9.17) is 37.0 Å². The van der Waals surface area contributed by atoms with Crippen molar-refractivity contribution in [3.8, 4) is 0 Å². The van der Waals surface area contributed by atoms with Gasteiger partial charge in [0.05, 0.1) is 39.3 Å². The van der Waals surface area contributed by atoms with Gasteiger partial charge in [-0.3, -0.25) is 37.3 Å². The van der Waals surface area contributed by atoms with Crippen molar-refractivity contribution in [1.29, 1.82) is 0 Å². The number of hydrogen-bond acceptors (Lipinski definition) is 15. The van der Waals surface area contributed by atoms with E-state index in [9.17, 15) is 43.2 Å². The molecule has 0 aliphatic carbocycles. The number of phosphoric acid groups is 2. The maximum atomic E-state index is 13.1. The zero-order valence-corrected chi connectivity index (χ0v) is 61.9. The van der Waals surface area contributed by atoms with Gasteiger partial charge < -0.3 is 33.8 Å². The molecule has 0 saturated heterocycles. The first-order valence-corrected chi connectivity index (χ1v) is 39.4. The molecule has 0 aliphatic rings. The zero-order chi connectivity index (χ0) is 71.8. The Labute approximate surface area is 591 Å². The number of aliphatic hydroxyl groups is 1. The molecule has 0 aromatic rings. The van der Waals surface area contributed by atoms with E-state index in [-0.39, 0.29) is 25.7 Å². The Hall–Kier alpha value is -5.58. The summed E-state index contributed by atoms with van der Waals surface area (Å²) in [6.07, 6.45) is 81.4. The second-order valence-electron chi connectivity index (χ2n) is 23.4. The van der Waals surface area contributed by atoms with Gasteiger partial charge in [0.2, 0.25) is 0 Å². The Bertz CT molecular complexity index is 2530. The van der Waals surface area contributed by atoms with E-state index in [1.807, 2.05) is 24.3 Å². The minimum atomic E-state index is -5.02. The molecule has 0 fully saturated rings. The van der Waals surface area contributed by atoms with Gasteiger partial charge in [-0.25, -0.2) is 9.13 Å². The largest absolute Gasteiger partial charge is 0.472 e. The highest BCUT2D eigenvalue weighted by Crippen LogP contribution is 2.45. The summed E-state index contributed by atoms with van der Waals surface area (Å²) in [6, 6.07) is 0. The summed E-state index contributed by atoms with van der Waals surface area (Å²) < 4.78 is 68.0. The summed E-state index contributed by atoms with van der Waals surface area (Å²) in [7, 11) is -10.0. The Morgan fingerprint density at radius 3 is 0.949 bits per heavy atom. The second-order valence-corrected chi connectivity index (χ2v) is 26.3. The third-order valence-corrected chi connectivity index (χ3v) is 16.2. The van der Waals surface area contributed by atoms with E-state index >= 15 is 0 Å². The molecule has 554 valence electrons. The van der Waals surface area contributed by atoms with E-state index in [0.29, 0.717) is 25.7 Å². The lowest BCUT2D eigenvalue weighted by atomic mass is 10.0. The van der Waals surface area contributed by atoms with Crippen LogP contribution in [0.3, 0.4) is 0 Å². The smallest absolute Gasteiger partial charge is 0.462 e. The number of rotatable bonds is 66. The molecule has 5 unspecified atom stereocenters. The second kappa shape index (κ2) is 69.9. The van der Waals surface area contributed by atoms with Crippen molar-refractivity contribution in [3.63, 3.8) is 0 Å². The molecule has 19 heteroatoms. The number of phosphoric ester groups is 2. The lowest BCUT2D eigenvalue weighted by Gasteiger charge is -2.21. The molecule has 0 amide bonds. The van der Waals surface area contributed by atoms with E-state index < -0.39 is 97.5 Å². The summed E-state index contributed by atoms with van der Waals surface area (Å²) in [4.78, 5) is 72.6. The predicted octanol–water partition coefficient (Wildman–Crippen LogP) is 20.7. The maximum Gasteiger partial charge on any atom is 0.472 e. The molecule has 17 nitrogen and oxygen atoms in total. The average Bonchev–Trinajstić information content (AvgIpc) is 1.04. The number of unbranched alkanes of at least 4 members (excludes halogenated alkanes) is 14. The van der Waals surface area contributed by atoms with Crippen molar-refractivity contribution in [3.05, 3.63) is 170 Å². The van der Waals surface area contributed by atoms with Crippen LogP contribution in [0.4, 0.5) is 0 Å². The van der Waals surface area contributed by atoms with Crippen LogP contribution in [-0.2, 0) is 65.4 Å². The van der Waals surface area contributed by atoms with Crippen molar-refractivity contribution in [1.82, 2.24) is 0 Å². The van der Waals surface area contributed by atoms with Gasteiger partial charge in [0, 0.05) is 12.8 Å². The standard InChI is InChI=1S/C79H126O17P2/c1-5-9-13-17-21-25-29-33-36-40-43-47-51-55-59-63-76(81)89-69-74(95-78(83)65-61-57-53-49-45-39-32-28-24-20-16-12-8-4)71-93-97(85,86)91-67-73(80)68-92-98(87,88)94-72-75(96-79(84)66-62-58-54-50-46-42-38-35-31-27-23-19-15-11-7-3)70-90-77(82)64-60-56-52-48-44-41-37-34-30-26-22-18-14-10-6-2/h9-11,13-15,21-23,25-27,33-38,43-44,46-48,50,56,58,60,62,73-75,80H,5-8,12,16-20,24,28-32,39-42,45,49,51-55,57,59,61,63-72H2,1-4H3,(H,85,86)(H,87,88)/b13-9-,14-10-,15-11-,25-21-,26-22-,27-23-,36-33-,37-34-,38-35-,47-43-,48-44-,50-46-,60-56-,62-58-. The van der Waals surface area contributed by atoms with Gasteiger partial charge >= 0.3 is 39.5 Å². The molecule has 0 aromatic carbocycles. The summed E-state index contributed by atoms with van der Waals surface area (Å²) in [5, 5.41) is 10.6. The van der Waals surface area contributed by atoms with Crippen molar-refractivity contribution in [2.45, 2.75) is 264 Å². The fourth-order valence-electron chi connectivity index (χ4n) is 8.83. The summed E-state index contributed by atoms with van der Waals surface area (Å²) >= 11 is 0. The highest BCUT2D eigenvalue weighted by molar-refractivity contribution is 7.47. The number of aliphatic hydroxyl groups excluding tert-OH is 1. The normalized spacial score (nSPS) is 15.0. The minimum absolute atomic E-state index is 0.0783. The van der Waals surface area contributed by atoms with E-state index in [2.05, 4.69) is 149 Å². The van der Waals surface area contributed by atoms with Gasteiger partial charge in [-0.1, -0.05) is 275 Å². The molecule has 3 N–H and O–H groups in total. The third kappa shape index (κ3) is 68.9. The maximum absolute atomic E-state index is 13.1. The summed E-state index contributed by atoms with van der Waals surface area (Å²) in [5.41, 5.74) is 0. The predicted molar refractivity (Wildman–Crippen MR) is 399 cm³/mol. The van der Waals surface area contributed by atoms with Crippen LogP contribution < -0.4 is 0 Å². The SMILES string of the molecule is CC/C=C\C/C=C\C/C=C\C/C=C\C/C=C\CC(=O)OCC(COP(=O)(O)OCC(O)COP(=O)(O)OCC(COC(=O)CCCC/C=C\C/C=C\C/C=C\C/C=C\CC)OC(=O)CCCCCCCCCCCCCCC)OC(=O)C/C=C\C/C=C\C/C=C\C/C=C\C/C=C\CC. The highest BCUT2D eigenvalue weighted by atomic mass is 31.2. The first-order valence-electron chi connectivity index (χ1n) is 36.4. The van der Waals surface area contributed by atoms with Crippen LogP contribution in [0, 0.1) is 0 Å². The van der Waals surface area contributed by atoms with Gasteiger partial charge in [0.25, 0.3) is 0 Å². The number of carbonyl (C=O) groups excluding carboxylic acids is 4. The van der Waals surface area contributed by atoms with Gasteiger partial charge in [-0.2, -0.15) is 0 Å². The Morgan fingerprint density at radius 1 is 0.306 bits per heavy atom. The number of allylic oxidation sites excluding steroid dienone is 26. The monoisotopic (exact) mass is 1410 g/mol. The van der Waals surface area contributed by atoms with Crippen LogP contribution in [0.15, 0.2) is 170 Å². The van der Waals surface area contributed by atoms with Crippen LogP contribution in [0.2, 0.25) is 0 Å². The quantitative estimate of drug-likeness (QED) is 0.0169. The zero-order valence-electron chi connectivity index (χ0n) is 60.1. The molecule has 0 heterocycles. The van der Waals surface area contributed by atoms with E-state index in [1.54, 1.807) is 24.3 Å². The molecule has 98 heavy (non-hydrogen) atoms. The highest BCUT2D eigenvalue weighted by Gasteiger charge is 2.30. The Morgan fingerprint density at radius 2 is 0.582 bits per heavy atom. The molecule has 0 spiro atoms. The molecule has 0 aliphatic heterocycles. The third-order valence-electron chi connectivity index (χ3n) is 14.3. The minimum Gasteiger partial charge on any atom is -0.462 e. The number of carbonyl (C=O) groups is 4. The topological polar surface area (TPSA) is 237 Å². The molecule has 5 atom stereocenters. The lowest BCUT2D eigenvalue weighted by Crippen LogP contribution is -2.30. The molecule has 0 rings (SSSR count). The van der Waals surface area contributed by atoms with Crippen LogP contribution >= 0.6 is 15.6 Å². The van der Waals surface area contributed by atoms with Crippen LogP contribution in [0.5, 0.6) is 0 Å². The van der Waals surface area contributed by atoms with Crippen LogP contribution in [0.1, 0.15) is 246 Å². The van der Waals surface area contributed by atoms with Gasteiger partial charge in [0.1, 0.15) is 19.3 Å². The fourth-order valence-corrected chi connectivity index (χ4v) is 10.4. The van der Waals surface area contributed by atoms with E-state index in [0.717, 1.165) is 116 Å². The van der Waals surface area contributed by atoms with Crippen molar-refractivity contribution < 1.29 is 80.2 Å². The first kappa shape index (κ1) is 92.4. The van der Waals surface area contributed by atoms with Crippen molar-refractivity contribution in [2.75, 3.05) is 39.6 Å². The van der Waals surface area contributed by atoms with Crippen LogP contribution in [-0.4, -0.2) is 96.7 Å². The summed E-state index contributed by atoms with van der Waals surface area (Å²) in [6.45, 7) is 4.21. The van der Waals surface area contributed by atoms with Gasteiger partial charge in [0.15, 0.2) is 12.2 Å². The number of hydrogen-bond donors (Lipinski definition) is 3. The number of ether oxygens (including phenoxy) is 4.